The van der Waals surface area contributed by atoms with Crippen LogP contribution < -0.4 is 0 Å². The van der Waals surface area contributed by atoms with Crippen LogP contribution in [0.4, 0.5) is 0 Å². The minimum absolute atomic E-state index is 0.910. The Morgan fingerprint density at radius 1 is 0.625 bits per heavy atom. The first-order chi connectivity index (χ1) is 11.6. The molecule has 5 nitrogen and oxygen atoms in total. The maximum atomic E-state index is 6.27. The Morgan fingerprint density at radius 3 is 1.21 bits per heavy atom. The SMILES string of the molecule is CCC[CH2][Sn]([CH2]CCC)([O]CCC)[O]CCC.CO[SiH](OC)OC. The second-order valence-electron chi connectivity index (χ2n) is 5.81. The van der Waals surface area contributed by atoms with Gasteiger partial charge in [-0.2, -0.15) is 0 Å². The first-order valence-electron chi connectivity index (χ1n) is 9.45. The van der Waals surface area contributed by atoms with Crippen molar-refractivity contribution >= 4 is 28.7 Å². The van der Waals surface area contributed by atoms with Gasteiger partial charge in [0.15, 0.2) is 0 Å². The summed E-state index contributed by atoms with van der Waals surface area (Å²) in [5.41, 5.74) is 0. The average Bonchev–Trinajstić information content (AvgIpc) is 2.62. The number of rotatable bonds is 15. The van der Waals surface area contributed by atoms with Gasteiger partial charge in [-0.05, 0) is 0 Å². The fourth-order valence-electron chi connectivity index (χ4n) is 2.21. The fourth-order valence-corrected chi connectivity index (χ4v) is 13.8. The maximum absolute atomic E-state index is 6.27. The van der Waals surface area contributed by atoms with Gasteiger partial charge in [-0.15, -0.1) is 0 Å². The van der Waals surface area contributed by atoms with Crippen LogP contribution in [0.2, 0.25) is 8.87 Å². The van der Waals surface area contributed by atoms with Crippen LogP contribution in [0.1, 0.15) is 66.2 Å². The van der Waals surface area contributed by atoms with Gasteiger partial charge in [-0.25, -0.2) is 0 Å². The Morgan fingerprint density at radius 2 is 1.00 bits per heavy atom. The van der Waals surface area contributed by atoms with E-state index in [0.717, 1.165) is 26.1 Å². The summed E-state index contributed by atoms with van der Waals surface area (Å²) in [6.07, 6.45) is 7.32. The summed E-state index contributed by atoms with van der Waals surface area (Å²) in [6.45, 7) is 10.7. The molecule has 0 unspecified atom stereocenters. The van der Waals surface area contributed by atoms with Crippen molar-refractivity contribution < 1.29 is 19.4 Å². The normalized spacial score (nSPS) is 11.5. The molecule has 148 valence electrons. The zero-order valence-corrected chi connectivity index (χ0v) is 21.2. The van der Waals surface area contributed by atoms with Crippen LogP contribution in [0, 0.1) is 0 Å². The summed E-state index contributed by atoms with van der Waals surface area (Å²) >= 11 is -2.69. The molecule has 24 heavy (non-hydrogen) atoms. The largest absolute Gasteiger partial charge is 0.483 e. The zero-order valence-electron chi connectivity index (χ0n) is 17.2. The van der Waals surface area contributed by atoms with Gasteiger partial charge in [0.25, 0.3) is 0 Å². The number of unbranched alkanes of at least 4 members (excludes halogenated alkanes) is 2. The molecule has 0 saturated heterocycles. The van der Waals surface area contributed by atoms with Gasteiger partial charge in [0, 0.05) is 21.3 Å². The van der Waals surface area contributed by atoms with Crippen molar-refractivity contribution in [2.45, 2.75) is 75.1 Å². The van der Waals surface area contributed by atoms with Crippen molar-refractivity contribution in [3.63, 3.8) is 0 Å². The molecule has 0 aromatic rings. The Balaban J connectivity index is 0. The van der Waals surface area contributed by atoms with Crippen LogP contribution in [-0.2, 0) is 19.4 Å². The van der Waals surface area contributed by atoms with Crippen molar-refractivity contribution in [3.05, 3.63) is 0 Å². The molecule has 0 aliphatic carbocycles. The Bertz CT molecular complexity index is 200. The quantitative estimate of drug-likeness (QED) is 0.328. The van der Waals surface area contributed by atoms with Crippen molar-refractivity contribution in [2.24, 2.45) is 0 Å². The molecule has 0 fully saturated rings. The van der Waals surface area contributed by atoms with Crippen LogP contribution in [0.15, 0.2) is 0 Å². The minimum atomic E-state index is -2.69. The van der Waals surface area contributed by atoms with E-state index in [2.05, 4.69) is 27.7 Å². The van der Waals surface area contributed by atoms with Crippen LogP contribution in [0.5, 0.6) is 0 Å². The first kappa shape index (κ1) is 27.0. The molecule has 0 amide bonds. The molecule has 0 heterocycles. The van der Waals surface area contributed by atoms with Crippen LogP contribution in [-0.4, -0.2) is 63.3 Å². The Labute approximate surface area is 157 Å². The van der Waals surface area contributed by atoms with Gasteiger partial charge in [0.05, 0.1) is 0 Å². The smallest absolute Gasteiger partial charge is 0.379 e. The van der Waals surface area contributed by atoms with E-state index in [4.69, 9.17) is 19.4 Å². The van der Waals surface area contributed by atoms with E-state index >= 15 is 0 Å². The Kier molecular flexibility index (Phi) is 22.7. The van der Waals surface area contributed by atoms with E-state index < -0.39 is 28.7 Å². The van der Waals surface area contributed by atoms with E-state index in [9.17, 15) is 0 Å². The molecular formula is C17H42O5SiSn. The second kappa shape index (κ2) is 20.1. The van der Waals surface area contributed by atoms with Gasteiger partial charge in [0.2, 0.25) is 0 Å². The van der Waals surface area contributed by atoms with Crippen molar-refractivity contribution in [2.75, 3.05) is 34.5 Å². The summed E-state index contributed by atoms with van der Waals surface area (Å²) in [4.78, 5) is 0. The molecule has 0 aliphatic rings. The number of hydrogen-bond acceptors (Lipinski definition) is 5. The monoisotopic (exact) mass is 474 g/mol. The van der Waals surface area contributed by atoms with E-state index in [-0.39, 0.29) is 0 Å². The molecule has 0 aliphatic heterocycles. The second-order valence-corrected chi connectivity index (χ2v) is 17.5. The standard InChI is InChI=1S/2C4H9.C3H10O3Si.2C3H7O.Sn/c2*1-3-4-2;1-4-7(5-2)6-3;2*1-2-3-4;/h2*1,3-4H2,2H3;7H,1-3H3;2*2-3H2,1H3;/q;;;2*-1;+2. The molecule has 0 rings (SSSR count). The van der Waals surface area contributed by atoms with Gasteiger partial charge < -0.3 is 13.3 Å². The van der Waals surface area contributed by atoms with E-state index in [1.807, 2.05) is 0 Å². The summed E-state index contributed by atoms with van der Waals surface area (Å²) in [7, 11) is 3.05. The van der Waals surface area contributed by atoms with E-state index in [1.54, 1.807) is 21.3 Å². The van der Waals surface area contributed by atoms with E-state index in [1.165, 1.54) is 34.6 Å². The molecule has 0 radical (unpaired) electrons. The molecular weight excluding hydrogens is 431 g/mol. The molecule has 0 spiro atoms. The third-order valence-corrected chi connectivity index (χ3v) is 15.2. The average molecular weight is 473 g/mol. The topological polar surface area (TPSA) is 46.2 Å². The predicted molar refractivity (Wildman–Crippen MR) is 106 cm³/mol. The summed E-state index contributed by atoms with van der Waals surface area (Å²) < 4.78 is 29.3. The van der Waals surface area contributed by atoms with Gasteiger partial charge in [0.1, 0.15) is 0 Å². The van der Waals surface area contributed by atoms with Crippen LogP contribution >= 0.6 is 0 Å². The van der Waals surface area contributed by atoms with Gasteiger partial charge in [-0.1, -0.05) is 0 Å². The molecule has 0 aromatic heterocycles. The summed E-state index contributed by atoms with van der Waals surface area (Å²) in [5.74, 6) is 0. The molecule has 0 saturated carbocycles. The van der Waals surface area contributed by atoms with Gasteiger partial charge >= 0.3 is 123 Å². The molecule has 0 atom stereocenters. The third kappa shape index (κ3) is 15.1. The van der Waals surface area contributed by atoms with Crippen LogP contribution in [0.3, 0.4) is 0 Å². The van der Waals surface area contributed by atoms with Crippen molar-refractivity contribution in [3.8, 4) is 0 Å². The maximum Gasteiger partial charge on any atom is 0.483 e. The summed E-state index contributed by atoms with van der Waals surface area (Å²) in [6, 6.07) is 0. The van der Waals surface area contributed by atoms with E-state index in [0.29, 0.717) is 0 Å². The summed E-state index contributed by atoms with van der Waals surface area (Å²) in [5, 5.41) is 0. The zero-order chi connectivity index (χ0) is 18.7. The molecule has 7 heteroatoms. The minimum Gasteiger partial charge on any atom is -0.379 e. The molecule has 0 aromatic carbocycles. The fraction of sp³-hybridized carbons (Fsp3) is 1.00. The Hall–Kier alpha value is 0.816. The molecule has 0 bridgehead atoms. The van der Waals surface area contributed by atoms with Crippen molar-refractivity contribution in [1.29, 1.82) is 0 Å². The van der Waals surface area contributed by atoms with Crippen LogP contribution in [0.25, 0.3) is 0 Å². The first-order valence-corrected chi connectivity index (χ1v) is 17.2. The molecule has 0 N–H and O–H groups in total. The predicted octanol–water partition coefficient (Wildman–Crippen LogP) is 4.52. The third-order valence-electron chi connectivity index (χ3n) is 3.54. The number of hydrogen-bond donors (Lipinski definition) is 0. The van der Waals surface area contributed by atoms with Gasteiger partial charge in [-0.3, -0.25) is 0 Å². The van der Waals surface area contributed by atoms with Crippen molar-refractivity contribution in [1.82, 2.24) is 0 Å².